The SMILES string of the molecule is COCCc1noc(C2CCCN(C3CCN(c4ccc(F)cc4C)CC3)C2)n1. The minimum Gasteiger partial charge on any atom is -0.384 e. The van der Waals surface area contributed by atoms with Crippen molar-refractivity contribution in [2.75, 3.05) is 44.8 Å². The Balaban J connectivity index is 1.33. The Bertz CT molecular complexity index is 804. The third-order valence-electron chi connectivity index (χ3n) is 6.30. The van der Waals surface area contributed by atoms with Gasteiger partial charge in [0.15, 0.2) is 5.82 Å². The number of likely N-dealkylation sites (tertiary alicyclic amines) is 1. The molecule has 1 unspecified atom stereocenters. The van der Waals surface area contributed by atoms with Crippen LogP contribution >= 0.6 is 0 Å². The Labute approximate surface area is 172 Å². The van der Waals surface area contributed by atoms with Crippen LogP contribution in [0.5, 0.6) is 0 Å². The molecule has 2 aliphatic heterocycles. The van der Waals surface area contributed by atoms with Gasteiger partial charge >= 0.3 is 0 Å². The van der Waals surface area contributed by atoms with Gasteiger partial charge in [0, 0.05) is 44.9 Å². The summed E-state index contributed by atoms with van der Waals surface area (Å²) in [5, 5.41) is 4.11. The number of benzene rings is 1. The van der Waals surface area contributed by atoms with Crippen molar-refractivity contribution in [3.8, 4) is 0 Å². The summed E-state index contributed by atoms with van der Waals surface area (Å²) in [7, 11) is 1.68. The van der Waals surface area contributed by atoms with Crippen LogP contribution < -0.4 is 4.90 Å². The lowest BCUT2D eigenvalue weighted by Gasteiger charge is -2.42. The minimum atomic E-state index is -0.160. The number of rotatable bonds is 6. The normalized spacial score (nSPS) is 21.6. The van der Waals surface area contributed by atoms with Crippen LogP contribution in [-0.2, 0) is 11.2 Å². The number of halogens is 1. The Hall–Kier alpha value is -1.99. The van der Waals surface area contributed by atoms with Crippen LogP contribution in [0.4, 0.5) is 10.1 Å². The highest BCUT2D eigenvalue weighted by Gasteiger charge is 2.32. The van der Waals surface area contributed by atoms with Crippen molar-refractivity contribution >= 4 is 5.69 Å². The van der Waals surface area contributed by atoms with E-state index < -0.39 is 0 Å². The summed E-state index contributed by atoms with van der Waals surface area (Å²) in [4.78, 5) is 9.60. The highest BCUT2D eigenvalue weighted by molar-refractivity contribution is 5.53. The fourth-order valence-corrected chi connectivity index (χ4v) is 4.71. The molecule has 2 fully saturated rings. The van der Waals surface area contributed by atoms with E-state index in [2.05, 4.69) is 19.9 Å². The maximum atomic E-state index is 13.4. The summed E-state index contributed by atoms with van der Waals surface area (Å²) in [6.45, 7) is 6.76. The Morgan fingerprint density at radius 2 is 2.03 bits per heavy atom. The lowest BCUT2D eigenvalue weighted by Crippen LogP contribution is -2.48. The zero-order valence-corrected chi connectivity index (χ0v) is 17.4. The summed E-state index contributed by atoms with van der Waals surface area (Å²) in [6, 6.07) is 5.70. The third kappa shape index (κ3) is 4.78. The van der Waals surface area contributed by atoms with E-state index in [0.29, 0.717) is 25.0 Å². The number of nitrogens with zero attached hydrogens (tertiary/aromatic N) is 4. The predicted octanol–water partition coefficient (Wildman–Crippen LogP) is 3.55. The minimum absolute atomic E-state index is 0.160. The molecule has 0 aliphatic carbocycles. The number of ether oxygens (including phenoxy) is 1. The van der Waals surface area contributed by atoms with Crippen molar-refractivity contribution in [2.24, 2.45) is 0 Å². The molecule has 2 aliphatic rings. The first-order chi connectivity index (χ1) is 14.1. The topological polar surface area (TPSA) is 54.6 Å². The molecule has 2 saturated heterocycles. The molecule has 0 bridgehead atoms. The quantitative estimate of drug-likeness (QED) is 0.737. The average molecular weight is 403 g/mol. The summed E-state index contributed by atoms with van der Waals surface area (Å²) >= 11 is 0. The maximum absolute atomic E-state index is 13.4. The second-order valence-electron chi connectivity index (χ2n) is 8.27. The highest BCUT2D eigenvalue weighted by atomic mass is 19.1. The van der Waals surface area contributed by atoms with E-state index in [1.165, 1.54) is 0 Å². The van der Waals surface area contributed by atoms with Crippen molar-refractivity contribution in [3.05, 3.63) is 41.3 Å². The zero-order valence-electron chi connectivity index (χ0n) is 17.4. The van der Waals surface area contributed by atoms with Crippen LogP contribution in [0.25, 0.3) is 0 Å². The number of hydrogen-bond donors (Lipinski definition) is 0. The van der Waals surface area contributed by atoms with Gasteiger partial charge < -0.3 is 14.2 Å². The van der Waals surface area contributed by atoms with Gasteiger partial charge in [0.1, 0.15) is 5.82 Å². The molecule has 0 saturated carbocycles. The highest BCUT2D eigenvalue weighted by Crippen LogP contribution is 2.31. The van der Waals surface area contributed by atoms with Gasteiger partial charge in [-0.3, -0.25) is 4.90 Å². The van der Waals surface area contributed by atoms with E-state index in [-0.39, 0.29) is 5.82 Å². The molecule has 1 aromatic heterocycles. The number of methoxy groups -OCH3 is 1. The molecule has 7 heteroatoms. The molecular weight excluding hydrogens is 371 g/mol. The van der Waals surface area contributed by atoms with Gasteiger partial charge in [-0.2, -0.15) is 4.98 Å². The van der Waals surface area contributed by atoms with E-state index in [4.69, 9.17) is 9.26 Å². The first-order valence-electron chi connectivity index (χ1n) is 10.7. The molecule has 4 rings (SSSR count). The molecule has 29 heavy (non-hydrogen) atoms. The second-order valence-corrected chi connectivity index (χ2v) is 8.27. The molecule has 158 valence electrons. The van der Waals surface area contributed by atoms with Gasteiger partial charge in [0.2, 0.25) is 5.89 Å². The van der Waals surface area contributed by atoms with Crippen molar-refractivity contribution in [3.63, 3.8) is 0 Å². The number of anilines is 1. The van der Waals surface area contributed by atoms with E-state index >= 15 is 0 Å². The number of piperidine rings is 2. The molecule has 0 radical (unpaired) electrons. The van der Waals surface area contributed by atoms with Crippen LogP contribution in [0.2, 0.25) is 0 Å². The largest absolute Gasteiger partial charge is 0.384 e. The molecule has 1 aromatic carbocycles. The van der Waals surface area contributed by atoms with Gasteiger partial charge in [-0.1, -0.05) is 5.16 Å². The monoisotopic (exact) mass is 402 g/mol. The molecule has 0 amide bonds. The molecule has 1 atom stereocenters. The first kappa shape index (κ1) is 20.3. The molecule has 0 N–H and O–H groups in total. The average Bonchev–Trinajstić information content (AvgIpc) is 3.22. The fraction of sp³-hybridized carbons (Fsp3) is 0.636. The van der Waals surface area contributed by atoms with E-state index in [0.717, 1.165) is 74.8 Å². The van der Waals surface area contributed by atoms with Crippen LogP contribution in [0.1, 0.15) is 48.9 Å². The Kier molecular flexibility index (Phi) is 6.45. The summed E-state index contributed by atoms with van der Waals surface area (Å²) in [5.74, 6) is 1.68. The lowest BCUT2D eigenvalue weighted by molar-refractivity contribution is 0.118. The summed E-state index contributed by atoms with van der Waals surface area (Å²) in [6.07, 6.45) is 5.23. The molecule has 0 spiro atoms. The molecule has 3 heterocycles. The fourth-order valence-electron chi connectivity index (χ4n) is 4.71. The zero-order chi connectivity index (χ0) is 20.2. The summed E-state index contributed by atoms with van der Waals surface area (Å²) < 4.78 is 24.1. The summed E-state index contributed by atoms with van der Waals surface area (Å²) in [5.41, 5.74) is 2.18. The third-order valence-corrected chi connectivity index (χ3v) is 6.30. The maximum Gasteiger partial charge on any atom is 0.231 e. The van der Waals surface area contributed by atoms with Crippen LogP contribution in [0.15, 0.2) is 22.7 Å². The van der Waals surface area contributed by atoms with Gasteiger partial charge in [-0.25, -0.2) is 4.39 Å². The Morgan fingerprint density at radius 3 is 2.79 bits per heavy atom. The van der Waals surface area contributed by atoms with Crippen molar-refractivity contribution in [1.29, 1.82) is 0 Å². The van der Waals surface area contributed by atoms with Crippen LogP contribution in [-0.4, -0.2) is 61.0 Å². The number of hydrogen-bond acceptors (Lipinski definition) is 6. The van der Waals surface area contributed by atoms with Gasteiger partial charge in [0.05, 0.1) is 12.5 Å². The van der Waals surface area contributed by atoms with Gasteiger partial charge in [-0.05, 0) is 62.9 Å². The number of aromatic nitrogens is 2. The smallest absolute Gasteiger partial charge is 0.231 e. The van der Waals surface area contributed by atoms with E-state index in [9.17, 15) is 4.39 Å². The van der Waals surface area contributed by atoms with Crippen molar-refractivity contribution < 1.29 is 13.7 Å². The standard InChI is InChI=1S/C22H31FN4O2/c1-16-14-18(23)5-6-20(16)26-11-7-19(8-12-26)27-10-3-4-17(15-27)22-24-21(25-29-22)9-13-28-2/h5-6,14,17,19H,3-4,7-13,15H2,1-2H3. The van der Waals surface area contributed by atoms with Gasteiger partial charge in [0.25, 0.3) is 0 Å². The van der Waals surface area contributed by atoms with Crippen LogP contribution in [0.3, 0.4) is 0 Å². The van der Waals surface area contributed by atoms with E-state index in [1.54, 1.807) is 19.2 Å². The lowest BCUT2D eigenvalue weighted by atomic mass is 9.93. The van der Waals surface area contributed by atoms with Gasteiger partial charge in [-0.15, -0.1) is 0 Å². The van der Waals surface area contributed by atoms with Crippen molar-refractivity contribution in [2.45, 2.75) is 51.0 Å². The van der Waals surface area contributed by atoms with Crippen LogP contribution in [0, 0.1) is 12.7 Å². The first-order valence-corrected chi connectivity index (χ1v) is 10.7. The Morgan fingerprint density at radius 1 is 1.21 bits per heavy atom. The second kappa shape index (κ2) is 9.22. The molecular formula is C22H31FN4O2. The molecule has 2 aromatic rings. The van der Waals surface area contributed by atoms with Crippen molar-refractivity contribution in [1.82, 2.24) is 15.0 Å². The molecule has 6 nitrogen and oxygen atoms in total. The number of aryl methyl sites for hydroxylation is 1. The van der Waals surface area contributed by atoms with E-state index in [1.807, 2.05) is 13.0 Å². The predicted molar refractivity (Wildman–Crippen MR) is 110 cm³/mol.